The van der Waals surface area contributed by atoms with E-state index in [4.69, 9.17) is 14.5 Å². The Hall–Kier alpha value is -2.15. The summed E-state index contributed by atoms with van der Waals surface area (Å²) in [6, 6.07) is 14.4. The van der Waals surface area contributed by atoms with Gasteiger partial charge < -0.3 is 19.1 Å². The smallest absolute Gasteiger partial charge is 0.274 e. The second-order valence-corrected chi connectivity index (χ2v) is 11.2. The molecule has 5 nitrogen and oxygen atoms in total. The van der Waals surface area contributed by atoms with Crippen molar-refractivity contribution in [3.63, 3.8) is 0 Å². The number of hydrogen-bond donors (Lipinski definition) is 1. The van der Waals surface area contributed by atoms with Crippen LogP contribution in [0.25, 0.3) is 10.2 Å². The van der Waals surface area contributed by atoms with Crippen LogP contribution in [0.2, 0.25) is 0 Å². The molecule has 1 N–H and O–H groups in total. The summed E-state index contributed by atoms with van der Waals surface area (Å²) in [5.74, 6) is 0.719. The van der Waals surface area contributed by atoms with E-state index in [1.165, 1.54) is 16.9 Å². The van der Waals surface area contributed by atoms with Crippen LogP contribution in [0.1, 0.15) is 51.8 Å². The molecule has 174 valence electrons. The Morgan fingerprint density at radius 1 is 1.06 bits per heavy atom. The Balaban J connectivity index is 1.85. The molecule has 0 fully saturated rings. The van der Waals surface area contributed by atoms with Gasteiger partial charge in [-0.05, 0) is 46.2 Å². The van der Waals surface area contributed by atoms with Crippen LogP contribution in [0, 0.1) is 0 Å². The lowest BCUT2D eigenvalue weighted by molar-refractivity contribution is -0.893. The maximum Gasteiger partial charge on any atom is 0.274 e. The van der Waals surface area contributed by atoms with Crippen LogP contribution in [0.5, 0.6) is 10.9 Å². The van der Waals surface area contributed by atoms with Crippen molar-refractivity contribution in [2.45, 2.75) is 58.8 Å². The number of hydrogen-bond acceptors (Lipinski definition) is 5. The molecule has 3 aromatic rings. The summed E-state index contributed by atoms with van der Waals surface area (Å²) < 4.78 is 13.7. The first-order chi connectivity index (χ1) is 14.9. The fourth-order valence-corrected chi connectivity index (χ4v) is 4.76. The zero-order valence-electron chi connectivity index (χ0n) is 20.4. The fourth-order valence-electron chi connectivity index (χ4n) is 3.64. The number of likely N-dealkylation sites (N-methyl/N-ethyl adjacent to an activating group) is 1. The SMILES string of the molecule is CC(C)Oc1nc2c(OC(C)(C)C)ccc([C@@H](O)C[N+](C)(C)CCc3ccccc3)c2s1. The minimum atomic E-state index is -0.612. The number of aliphatic hydroxyl groups is 1. The van der Waals surface area contributed by atoms with Crippen molar-refractivity contribution in [3.8, 4) is 10.9 Å². The molecule has 0 aliphatic heterocycles. The molecular weight excluding hydrogens is 420 g/mol. The molecule has 0 saturated heterocycles. The van der Waals surface area contributed by atoms with Crippen molar-refractivity contribution in [3.05, 3.63) is 53.6 Å². The van der Waals surface area contributed by atoms with Gasteiger partial charge in [-0.15, -0.1) is 0 Å². The molecular formula is C26H37N2O3S+. The average Bonchev–Trinajstić information content (AvgIpc) is 3.09. The number of nitrogens with zero attached hydrogens (tertiary/aromatic N) is 2. The molecule has 1 aromatic heterocycles. The molecule has 0 amide bonds. The topological polar surface area (TPSA) is 51.6 Å². The maximum absolute atomic E-state index is 11.2. The van der Waals surface area contributed by atoms with Gasteiger partial charge in [0.25, 0.3) is 5.19 Å². The lowest BCUT2D eigenvalue weighted by Gasteiger charge is -2.32. The van der Waals surface area contributed by atoms with Gasteiger partial charge in [0.2, 0.25) is 0 Å². The molecule has 0 radical (unpaired) electrons. The van der Waals surface area contributed by atoms with E-state index >= 15 is 0 Å². The van der Waals surface area contributed by atoms with Crippen LogP contribution < -0.4 is 9.47 Å². The molecule has 0 aliphatic rings. The third kappa shape index (κ3) is 6.67. The van der Waals surface area contributed by atoms with Crippen molar-refractivity contribution < 1.29 is 19.1 Å². The molecule has 1 atom stereocenters. The summed E-state index contributed by atoms with van der Waals surface area (Å²) in [4.78, 5) is 4.71. The van der Waals surface area contributed by atoms with E-state index in [0.29, 0.717) is 16.2 Å². The molecule has 0 spiro atoms. The summed E-state index contributed by atoms with van der Waals surface area (Å²) in [6.45, 7) is 11.6. The first kappa shape index (κ1) is 24.5. The van der Waals surface area contributed by atoms with Crippen LogP contribution in [0.15, 0.2) is 42.5 Å². The van der Waals surface area contributed by atoms with Crippen LogP contribution in [0.4, 0.5) is 0 Å². The highest BCUT2D eigenvalue weighted by Crippen LogP contribution is 2.40. The van der Waals surface area contributed by atoms with E-state index in [2.05, 4.69) is 38.4 Å². The highest BCUT2D eigenvalue weighted by atomic mass is 32.1. The third-order valence-electron chi connectivity index (χ3n) is 5.14. The molecule has 32 heavy (non-hydrogen) atoms. The van der Waals surface area contributed by atoms with Gasteiger partial charge in [-0.2, -0.15) is 4.98 Å². The summed E-state index contributed by atoms with van der Waals surface area (Å²) in [5, 5.41) is 11.9. The maximum atomic E-state index is 11.2. The molecule has 2 aromatic carbocycles. The van der Waals surface area contributed by atoms with Crippen molar-refractivity contribution in [1.29, 1.82) is 0 Å². The lowest BCUT2D eigenvalue weighted by Crippen LogP contribution is -2.44. The van der Waals surface area contributed by atoms with E-state index in [1.54, 1.807) is 0 Å². The number of thiazole rings is 1. The molecule has 6 heteroatoms. The van der Waals surface area contributed by atoms with Gasteiger partial charge in [0, 0.05) is 12.0 Å². The standard InChI is InChI=1S/C26H37N2O3S/c1-18(2)30-25-27-23-22(31-26(3,4)5)14-13-20(24(23)32-25)21(29)17-28(6,7)16-15-19-11-9-8-10-12-19/h8-14,18,21,29H,15-17H2,1-7H3/q+1/t21-/m0/s1. The quantitative estimate of drug-likeness (QED) is 0.424. The predicted octanol–water partition coefficient (Wildman–Crippen LogP) is 5.61. The Bertz CT molecular complexity index is 1020. The van der Waals surface area contributed by atoms with Gasteiger partial charge in [0.05, 0.1) is 31.4 Å². The fraction of sp³-hybridized carbons (Fsp3) is 0.500. The number of ether oxygens (including phenoxy) is 2. The minimum absolute atomic E-state index is 0.0320. The molecule has 0 bridgehead atoms. The van der Waals surface area contributed by atoms with Crippen molar-refractivity contribution in [1.82, 2.24) is 4.98 Å². The predicted molar refractivity (Wildman–Crippen MR) is 133 cm³/mol. The number of benzene rings is 2. The number of quaternary nitrogens is 1. The summed E-state index contributed by atoms with van der Waals surface area (Å²) >= 11 is 1.48. The van der Waals surface area contributed by atoms with E-state index in [0.717, 1.165) is 34.5 Å². The van der Waals surface area contributed by atoms with Crippen LogP contribution in [-0.2, 0) is 6.42 Å². The number of aromatic nitrogens is 1. The van der Waals surface area contributed by atoms with Gasteiger partial charge in [-0.1, -0.05) is 47.7 Å². The molecule has 0 aliphatic carbocycles. The second kappa shape index (κ2) is 9.77. The van der Waals surface area contributed by atoms with Crippen LogP contribution >= 0.6 is 11.3 Å². The summed E-state index contributed by atoms with van der Waals surface area (Å²) in [5.41, 5.74) is 2.61. The summed E-state index contributed by atoms with van der Waals surface area (Å²) in [7, 11) is 4.33. The molecule has 1 heterocycles. The van der Waals surface area contributed by atoms with Crippen LogP contribution in [-0.4, -0.2) is 53.5 Å². The molecule has 0 saturated carbocycles. The highest BCUT2D eigenvalue weighted by molar-refractivity contribution is 7.20. The number of rotatable bonds is 9. The van der Waals surface area contributed by atoms with Gasteiger partial charge in [0.15, 0.2) is 0 Å². The Kier molecular flexibility index (Phi) is 7.48. The second-order valence-electron chi connectivity index (χ2n) is 10.3. The third-order valence-corrected chi connectivity index (χ3v) is 6.14. The molecule has 0 unspecified atom stereocenters. The van der Waals surface area contributed by atoms with E-state index in [-0.39, 0.29) is 11.7 Å². The van der Waals surface area contributed by atoms with Gasteiger partial charge in [-0.25, -0.2) is 0 Å². The van der Waals surface area contributed by atoms with Gasteiger partial charge >= 0.3 is 0 Å². The van der Waals surface area contributed by atoms with Crippen LogP contribution in [0.3, 0.4) is 0 Å². The average molecular weight is 458 g/mol. The zero-order valence-corrected chi connectivity index (χ0v) is 21.2. The minimum Gasteiger partial charge on any atom is -0.486 e. The first-order valence-electron chi connectivity index (χ1n) is 11.3. The first-order valence-corrected chi connectivity index (χ1v) is 12.1. The zero-order chi connectivity index (χ0) is 23.5. The monoisotopic (exact) mass is 457 g/mol. The highest BCUT2D eigenvalue weighted by Gasteiger charge is 2.26. The number of aliphatic hydroxyl groups excluding tert-OH is 1. The van der Waals surface area contributed by atoms with Crippen molar-refractivity contribution >= 4 is 21.6 Å². The van der Waals surface area contributed by atoms with Crippen molar-refractivity contribution in [2.75, 3.05) is 27.2 Å². The lowest BCUT2D eigenvalue weighted by atomic mass is 10.1. The van der Waals surface area contributed by atoms with E-state index in [9.17, 15) is 5.11 Å². The molecule has 3 rings (SSSR count). The van der Waals surface area contributed by atoms with E-state index < -0.39 is 6.10 Å². The van der Waals surface area contributed by atoms with Gasteiger partial charge in [-0.3, -0.25) is 0 Å². The Morgan fingerprint density at radius 2 is 1.75 bits per heavy atom. The van der Waals surface area contributed by atoms with Crippen molar-refractivity contribution in [2.24, 2.45) is 0 Å². The number of fused-ring (bicyclic) bond motifs is 1. The Labute approximate surface area is 196 Å². The normalized spacial score (nSPS) is 13.5. The van der Waals surface area contributed by atoms with Gasteiger partial charge in [0.1, 0.15) is 29.5 Å². The largest absolute Gasteiger partial charge is 0.486 e. The van der Waals surface area contributed by atoms with E-state index in [1.807, 2.05) is 52.8 Å². The Morgan fingerprint density at radius 3 is 2.38 bits per heavy atom. The summed E-state index contributed by atoms with van der Waals surface area (Å²) in [6.07, 6.45) is 0.394.